The van der Waals surface area contributed by atoms with Gasteiger partial charge in [-0.3, -0.25) is 33.4 Å². The van der Waals surface area contributed by atoms with Crippen LogP contribution >= 0.6 is 11.8 Å². The van der Waals surface area contributed by atoms with Crippen molar-refractivity contribution >= 4 is 28.5 Å². The molecule has 0 radical (unpaired) electrons. The van der Waals surface area contributed by atoms with E-state index < -0.39 is 27.5 Å². The topological polar surface area (TPSA) is 129 Å². The van der Waals surface area contributed by atoms with Crippen molar-refractivity contribution in [2.24, 2.45) is 21.1 Å². The van der Waals surface area contributed by atoms with Gasteiger partial charge < -0.3 is 5.11 Å². The molecule has 0 saturated carbocycles. The Morgan fingerprint density at radius 3 is 2.26 bits per heavy atom. The summed E-state index contributed by atoms with van der Waals surface area (Å²) in [6, 6.07) is 5.74. The van der Waals surface area contributed by atoms with Gasteiger partial charge in [-0.05, 0) is 6.07 Å². The van der Waals surface area contributed by atoms with E-state index in [0.29, 0.717) is 11.8 Å². The average molecular weight is 390 g/mol. The Bertz CT molecular complexity index is 1290. The molecule has 0 saturated heterocycles. The second kappa shape index (κ2) is 6.43. The number of nitrogens with zero attached hydrogens (tertiary/aromatic N) is 4. The second-order valence-electron chi connectivity index (χ2n) is 5.77. The molecule has 0 spiro atoms. The summed E-state index contributed by atoms with van der Waals surface area (Å²) < 4.78 is 2.96. The van der Waals surface area contributed by atoms with E-state index in [1.165, 1.54) is 39.3 Å². The maximum atomic E-state index is 12.7. The molecule has 140 valence electrons. The van der Waals surface area contributed by atoms with E-state index in [0.717, 1.165) is 13.7 Å². The van der Waals surface area contributed by atoms with Crippen LogP contribution < -0.4 is 16.8 Å². The fourth-order valence-corrected chi connectivity index (χ4v) is 3.83. The summed E-state index contributed by atoms with van der Waals surface area (Å²) >= 11 is 0.689. The lowest BCUT2D eigenvalue weighted by molar-refractivity contribution is -0.387. The lowest BCUT2D eigenvalue weighted by Gasteiger charge is -2.14. The third-order valence-corrected chi connectivity index (χ3v) is 5.31. The van der Waals surface area contributed by atoms with Crippen molar-refractivity contribution < 1.29 is 10.0 Å². The highest BCUT2D eigenvalue weighted by Crippen LogP contribution is 2.38. The number of nitro benzene ring substituents is 1. The molecule has 3 rings (SSSR count). The Morgan fingerprint density at radius 1 is 1.00 bits per heavy atom. The van der Waals surface area contributed by atoms with E-state index >= 15 is 0 Å². The summed E-state index contributed by atoms with van der Waals surface area (Å²) in [5.41, 5.74) is -2.40. The number of aryl methyl sites for hydroxylation is 2. The minimum atomic E-state index is -0.773. The van der Waals surface area contributed by atoms with Crippen LogP contribution in [0.25, 0.3) is 11.0 Å². The molecule has 0 atom stereocenters. The number of benzene rings is 1. The summed E-state index contributed by atoms with van der Waals surface area (Å²) in [4.78, 5) is 47.9. The monoisotopic (exact) mass is 390 g/mol. The summed E-state index contributed by atoms with van der Waals surface area (Å²) in [6.45, 7) is 0. The standard InChI is InChI=1S/C16H14N4O6S/c1-17-13-10(14(22)19(3)16(24)18(13)2)11(21)12(15(17)23)27-9-7-5-4-6-8(9)20(25)26/h4-7,21H,1-3H3. The average Bonchev–Trinajstić information content (AvgIpc) is 2.64. The minimum absolute atomic E-state index is 0.0440. The highest BCUT2D eigenvalue weighted by atomic mass is 32.2. The van der Waals surface area contributed by atoms with Gasteiger partial charge in [0.1, 0.15) is 15.9 Å². The first-order valence-corrected chi connectivity index (χ1v) is 8.41. The fraction of sp³-hybridized carbons (Fsp3) is 0.188. The molecule has 1 aromatic carbocycles. The van der Waals surface area contributed by atoms with Gasteiger partial charge in [-0.25, -0.2) is 4.79 Å². The Balaban J connectivity index is 2.41. The number of aromatic hydroxyl groups is 1. The summed E-state index contributed by atoms with van der Waals surface area (Å²) in [7, 11) is 3.98. The molecule has 0 aliphatic heterocycles. The zero-order chi connectivity index (χ0) is 20.0. The van der Waals surface area contributed by atoms with E-state index in [-0.39, 0.29) is 26.5 Å². The van der Waals surface area contributed by atoms with Gasteiger partial charge in [-0.15, -0.1) is 0 Å². The molecule has 1 N–H and O–H groups in total. The van der Waals surface area contributed by atoms with Crippen LogP contribution in [0.3, 0.4) is 0 Å². The van der Waals surface area contributed by atoms with E-state index in [2.05, 4.69) is 0 Å². The minimum Gasteiger partial charge on any atom is -0.506 e. The van der Waals surface area contributed by atoms with Crippen LogP contribution in [0.1, 0.15) is 0 Å². The number of hydrogen-bond acceptors (Lipinski definition) is 7. The molecular weight excluding hydrogens is 376 g/mol. The molecule has 0 bridgehead atoms. The number of fused-ring (bicyclic) bond motifs is 1. The Labute approximate surface area is 155 Å². The van der Waals surface area contributed by atoms with Crippen LogP contribution in [0.15, 0.2) is 48.4 Å². The lowest BCUT2D eigenvalue weighted by atomic mass is 10.3. The van der Waals surface area contributed by atoms with E-state index in [4.69, 9.17) is 0 Å². The van der Waals surface area contributed by atoms with Crippen molar-refractivity contribution in [2.75, 3.05) is 0 Å². The lowest BCUT2D eigenvalue weighted by Crippen LogP contribution is -2.39. The van der Waals surface area contributed by atoms with Gasteiger partial charge in [0.15, 0.2) is 5.75 Å². The van der Waals surface area contributed by atoms with Crippen LogP contribution in [0.2, 0.25) is 0 Å². The second-order valence-corrected chi connectivity index (χ2v) is 6.83. The highest BCUT2D eigenvalue weighted by Gasteiger charge is 2.24. The first-order chi connectivity index (χ1) is 12.7. The number of para-hydroxylation sites is 1. The maximum Gasteiger partial charge on any atom is 0.332 e. The fourth-order valence-electron chi connectivity index (χ4n) is 2.79. The summed E-state index contributed by atoms with van der Waals surface area (Å²) in [5.74, 6) is -0.618. The first kappa shape index (κ1) is 18.5. The zero-order valence-electron chi connectivity index (χ0n) is 14.5. The van der Waals surface area contributed by atoms with Crippen LogP contribution in [0, 0.1) is 10.1 Å². The van der Waals surface area contributed by atoms with Crippen LogP contribution in [-0.2, 0) is 21.1 Å². The number of rotatable bonds is 3. The normalized spacial score (nSPS) is 11.1. The van der Waals surface area contributed by atoms with Crippen LogP contribution in [-0.4, -0.2) is 23.7 Å². The number of nitro groups is 1. The number of pyridine rings is 1. The summed E-state index contributed by atoms with van der Waals surface area (Å²) in [6.07, 6.45) is 0. The predicted octanol–water partition coefficient (Wildman–Crippen LogP) is 0.701. The van der Waals surface area contributed by atoms with Crippen molar-refractivity contribution in [3.8, 4) is 5.75 Å². The van der Waals surface area contributed by atoms with Crippen molar-refractivity contribution in [3.63, 3.8) is 0 Å². The zero-order valence-corrected chi connectivity index (χ0v) is 15.3. The van der Waals surface area contributed by atoms with Gasteiger partial charge in [-0.1, -0.05) is 23.9 Å². The van der Waals surface area contributed by atoms with Crippen LogP contribution in [0.4, 0.5) is 5.69 Å². The molecule has 0 aliphatic rings. The first-order valence-electron chi connectivity index (χ1n) is 7.59. The third-order valence-electron chi connectivity index (χ3n) is 4.18. The third kappa shape index (κ3) is 2.72. The molecular formula is C16H14N4O6S. The molecule has 10 nitrogen and oxygen atoms in total. The largest absolute Gasteiger partial charge is 0.506 e. The summed E-state index contributed by atoms with van der Waals surface area (Å²) in [5, 5.41) is 21.6. The van der Waals surface area contributed by atoms with Crippen molar-refractivity contribution in [1.29, 1.82) is 0 Å². The smallest absolute Gasteiger partial charge is 0.332 e. The van der Waals surface area contributed by atoms with Crippen molar-refractivity contribution in [2.45, 2.75) is 9.79 Å². The molecule has 0 aliphatic carbocycles. The molecule has 27 heavy (non-hydrogen) atoms. The van der Waals surface area contributed by atoms with E-state index in [1.54, 1.807) is 6.07 Å². The molecule has 0 fully saturated rings. The van der Waals surface area contributed by atoms with E-state index in [1.807, 2.05) is 0 Å². The molecule has 3 aromatic rings. The maximum absolute atomic E-state index is 12.7. The van der Waals surface area contributed by atoms with Gasteiger partial charge in [0.25, 0.3) is 16.8 Å². The SMILES string of the molecule is Cn1c(=O)c2c(O)c(Sc3ccccc3[N+](=O)[O-])c(=O)n(C)c2n(C)c1=O. The molecule has 0 amide bonds. The van der Waals surface area contributed by atoms with Gasteiger partial charge in [-0.2, -0.15) is 0 Å². The molecule has 0 unspecified atom stereocenters. The molecule has 2 aromatic heterocycles. The quantitative estimate of drug-likeness (QED) is 0.515. The predicted molar refractivity (Wildman–Crippen MR) is 98.6 cm³/mol. The number of hydrogen-bond donors (Lipinski definition) is 1. The molecule has 2 heterocycles. The van der Waals surface area contributed by atoms with Crippen LogP contribution in [0.5, 0.6) is 5.75 Å². The van der Waals surface area contributed by atoms with Crippen molar-refractivity contribution in [1.82, 2.24) is 13.7 Å². The van der Waals surface area contributed by atoms with E-state index in [9.17, 15) is 29.6 Å². The Kier molecular flexibility index (Phi) is 4.39. The highest BCUT2D eigenvalue weighted by molar-refractivity contribution is 7.99. The van der Waals surface area contributed by atoms with Crippen molar-refractivity contribution in [3.05, 3.63) is 65.6 Å². The van der Waals surface area contributed by atoms with Gasteiger partial charge in [0.05, 0.1) is 9.82 Å². The van der Waals surface area contributed by atoms with Gasteiger partial charge >= 0.3 is 5.69 Å². The Morgan fingerprint density at radius 2 is 1.63 bits per heavy atom. The van der Waals surface area contributed by atoms with Gasteiger partial charge in [0, 0.05) is 27.2 Å². The Hall–Kier alpha value is -3.34. The number of aromatic nitrogens is 3. The van der Waals surface area contributed by atoms with Gasteiger partial charge in [0.2, 0.25) is 0 Å². The molecule has 11 heteroatoms.